The van der Waals surface area contributed by atoms with E-state index in [4.69, 9.17) is 0 Å². The molecule has 0 bridgehead atoms. The fraction of sp³-hybridized carbons (Fsp3) is 0.100. The first-order valence-electron chi connectivity index (χ1n) is 6.89. The number of rotatable bonds is 2. The first kappa shape index (κ1) is 17.1. The summed E-state index contributed by atoms with van der Waals surface area (Å²) in [5, 5.41) is 0. The molecule has 0 fully saturated rings. The van der Waals surface area contributed by atoms with Gasteiger partial charge in [0.05, 0.1) is 0 Å². The molecule has 110 valence electrons. The van der Waals surface area contributed by atoms with Crippen LogP contribution in [0.15, 0.2) is 66.7 Å². The van der Waals surface area contributed by atoms with Gasteiger partial charge in [-0.3, -0.25) is 9.59 Å². The van der Waals surface area contributed by atoms with E-state index in [9.17, 15) is 9.59 Å². The second kappa shape index (κ2) is 9.90. The van der Waals surface area contributed by atoms with Crippen LogP contribution in [0.25, 0.3) is 6.08 Å². The Labute approximate surface area is 131 Å². The Morgan fingerprint density at radius 3 is 1.91 bits per heavy atom. The normalized spacial score (nSPS) is 9.18. The molecule has 0 heterocycles. The van der Waals surface area contributed by atoms with Gasteiger partial charge < -0.3 is 0 Å². The zero-order valence-corrected chi connectivity index (χ0v) is 12.7. The number of ketones is 2. The molecular formula is C20H18O2. The standard InChI is InChI=1S/C10H10O.C10H8O/c2*1-9(11)7-8-10-5-3-2-4-6-10/h2-8H,1H3;2-6H,1H3/b8-7+;. The number of carbonyl (C=O) groups excluding carboxylic acids is 2. The van der Waals surface area contributed by atoms with E-state index in [1.54, 1.807) is 13.0 Å². The summed E-state index contributed by atoms with van der Waals surface area (Å²) in [4.78, 5) is 21.0. The summed E-state index contributed by atoms with van der Waals surface area (Å²) in [5.41, 5.74) is 1.94. The van der Waals surface area contributed by atoms with Crippen molar-refractivity contribution < 1.29 is 9.59 Å². The molecular weight excluding hydrogens is 272 g/mol. The van der Waals surface area contributed by atoms with Gasteiger partial charge in [0, 0.05) is 12.5 Å². The van der Waals surface area contributed by atoms with Gasteiger partial charge in [0.25, 0.3) is 0 Å². The van der Waals surface area contributed by atoms with Gasteiger partial charge in [-0.05, 0) is 36.6 Å². The van der Waals surface area contributed by atoms with Gasteiger partial charge in [-0.2, -0.15) is 0 Å². The van der Waals surface area contributed by atoms with E-state index >= 15 is 0 Å². The third-order valence-electron chi connectivity index (χ3n) is 2.47. The quantitative estimate of drug-likeness (QED) is 0.620. The molecule has 0 saturated heterocycles. The monoisotopic (exact) mass is 290 g/mol. The van der Waals surface area contributed by atoms with Crippen molar-refractivity contribution in [2.45, 2.75) is 13.8 Å². The molecule has 0 aromatic heterocycles. The van der Waals surface area contributed by atoms with Crippen molar-refractivity contribution in [3.8, 4) is 11.8 Å². The average Bonchev–Trinajstić information content (AvgIpc) is 2.53. The van der Waals surface area contributed by atoms with Crippen molar-refractivity contribution in [1.82, 2.24) is 0 Å². The molecule has 2 aromatic carbocycles. The molecule has 0 radical (unpaired) electrons. The molecule has 0 atom stereocenters. The number of Topliss-reactive ketones (excluding diaryl/α,β-unsaturated/α-hetero) is 1. The van der Waals surface area contributed by atoms with Crippen LogP contribution in [-0.2, 0) is 9.59 Å². The maximum Gasteiger partial charge on any atom is 0.202 e. The van der Waals surface area contributed by atoms with Gasteiger partial charge in [0.1, 0.15) is 0 Å². The highest BCUT2D eigenvalue weighted by molar-refractivity contribution is 5.93. The molecule has 22 heavy (non-hydrogen) atoms. The zero-order chi connectivity index (χ0) is 16.2. The molecule has 0 aliphatic heterocycles. The van der Waals surface area contributed by atoms with E-state index < -0.39 is 0 Å². The van der Waals surface area contributed by atoms with E-state index in [2.05, 4.69) is 11.8 Å². The van der Waals surface area contributed by atoms with E-state index in [0.717, 1.165) is 11.1 Å². The lowest BCUT2D eigenvalue weighted by molar-refractivity contribution is -0.113. The minimum Gasteiger partial charge on any atom is -0.295 e. The predicted octanol–water partition coefficient (Wildman–Crippen LogP) is 3.92. The van der Waals surface area contributed by atoms with Crippen LogP contribution in [0.4, 0.5) is 0 Å². The summed E-state index contributed by atoms with van der Waals surface area (Å²) < 4.78 is 0. The number of benzene rings is 2. The molecule has 0 N–H and O–H groups in total. The molecule has 2 rings (SSSR count). The van der Waals surface area contributed by atoms with Crippen molar-refractivity contribution in [2.24, 2.45) is 0 Å². The van der Waals surface area contributed by atoms with Crippen molar-refractivity contribution >= 4 is 17.6 Å². The smallest absolute Gasteiger partial charge is 0.202 e. The molecule has 0 saturated carbocycles. The van der Waals surface area contributed by atoms with Crippen LogP contribution >= 0.6 is 0 Å². The molecule has 2 nitrogen and oxygen atoms in total. The van der Waals surface area contributed by atoms with Gasteiger partial charge in [0.15, 0.2) is 5.78 Å². The fourth-order valence-electron chi connectivity index (χ4n) is 1.46. The Morgan fingerprint density at radius 2 is 1.41 bits per heavy atom. The molecule has 0 unspecified atom stereocenters. The Balaban J connectivity index is 0.000000220. The van der Waals surface area contributed by atoms with Crippen LogP contribution in [0.3, 0.4) is 0 Å². The predicted molar refractivity (Wildman–Crippen MR) is 90.2 cm³/mol. The van der Waals surface area contributed by atoms with Gasteiger partial charge in [0.2, 0.25) is 5.78 Å². The number of hydrogen-bond donors (Lipinski definition) is 0. The molecule has 0 amide bonds. The highest BCUT2D eigenvalue weighted by atomic mass is 16.1. The molecule has 0 spiro atoms. The first-order chi connectivity index (χ1) is 10.6. The van der Waals surface area contributed by atoms with Crippen molar-refractivity contribution in [1.29, 1.82) is 0 Å². The summed E-state index contributed by atoms with van der Waals surface area (Å²) in [5.74, 6) is 5.19. The van der Waals surface area contributed by atoms with Gasteiger partial charge in [-0.1, -0.05) is 60.5 Å². The van der Waals surface area contributed by atoms with Crippen molar-refractivity contribution in [3.63, 3.8) is 0 Å². The molecule has 0 aliphatic rings. The second-order valence-corrected chi connectivity index (χ2v) is 4.53. The number of hydrogen-bond acceptors (Lipinski definition) is 2. The summed E-state index contributed by atoms with van der Waals surface area (Å²) >= 11 is 0. The SMILES string of the molecule is CC(=O)/C=C/c1ccccc1.CC(=O)C#Cc1ccccc1. The maximum absolute atomic E-state index is 10.5. The molecule has 0 aliphatic carbocycles. The van der Waals surface area contributed by atoms with Crippen LogP contribution in [0, 0.1) is 11.8 Å². The van der Waals surface area contributed by atoms with Gasteiger partial charge in [-0.25, -0.2) is 0 Å². The van der Waals surface area contributed by atoms with E-state index in [1.165, 1.54) is 6.92 Å². The van der Waals surface area contributed by atoms with E-state index in [0.29, 0.717) is 0 Å². The van der Waals surface area contributed by atoms with Gasteiger partial charge in [-0.15, -0.1) is 0 Å². The lowest BCUT2D eigenvalue weighted by Crippen LogP contribution is -1.80. The third-order valence-corrected chi connectivity index (χ3v) is 2.47. The van der Waals surface area contributed by atoms with E-state index in [-0.39, 0.29) is 11.6 Å². The Hall–Kier alpha value is -2.92. The average molecular weight is 290 g/mol. The Kier molecular flexibility index (Phi) is 7.71. The lowest BCUT2D eigenvalue weighted by atomic mass is 10.2. The fourth-order valence-corrected chi connectivity index (χ4v) is 1.46. The first-order valence-corrected chi connectivity index (χ1v) is 6.89. The van der Waals surface area contributed by atoms with Crippen molar-refractivity contribution in [2.75, 3.05) is 0 Å². The zero-order valence-electron chi connectivity index (χ0n) is 12.7. The van der Waals surface area contributed by atoms with Gasteiger partial charge >= 0.3 is 0 Å². The minimum absolute atomic E-state index is 0.0776. The lowest BCUT2D eigenvalue weighted by Gasteiger charge is -1.88. The highest BCUT2D eigenvalue weighted by Crippen LogP contribution is 2.00. The Morgan fingerprint density at radius 1 is 0.864 bits per heavy atom. The summed E-state index contributed by atoms with van der Waals surface area (Å²) in [7, 11) is 0. The maximum atomic E-state index is 10.5. The second-order valence-electron chi connectivity index (χ2n) is 4.53. The molecule has 2 aromatic rings. The van der Waals surface area contributed by atoms with Crippen LogP contribution in [0.5, 0.6) is 0 Å². The van der Waals surface area contributed by atoms with Crippen LogP contribution in [0.1, 0.15) is 25.0 Å². The third kappa shape index (κ3) is 8.29. The Bertz CT molecular complexity index is 687. The largest absolute Gasteiger partial charge is 0.295 e. The van der Waals surface area contributed by atoms with E-state index in [1.807, 2.05) is 66.7 Å². The van der Waals surface area contributed by atoms with Crippen molar-refractivity contribution in [3.05, 3.63) is 77.9 Å². The van der Waals surface area contributed by atoms with Crippen LogP contribution in [-0.4, -0.2) is 11.6 Å². The van der Waals surface area contributed by atoms with Crippen LogP contribution < -0.4 is 0 Å². The number of allylic oxidation sites excluding steroid dienone is 1. The summed E-state index contributed by atoms with van der Waals surface area (Å²) in [6.07, 6.45) is 3.37. The number of carbonyl (C=O) groups is 2. The minimum atomic E-state index is -0.103. The molecule has 2 heteroatoms. The highest BCUT2D eigenvalue weighted by Gasteiger charge is 1.84. The summed E-state index contributed by atoms with van der Waals surface area (Å²) in [6.45, 7) is 3.00. The van der Waals surface area contributed by atoms with Crippen LogP contribution in [0.2, 0.25) is 0 Å². The topological polar surface area (TPSA) is 34.1 Å². The summed E-state index contributed by atoms with van der Waals surface area (Å²) in [6, 6.07) is 19.2.